The first-order valence-corrected chi connectivity index (χ1v) is 9.15. The quantitative estimate of drug-likeness (QED) is 0.732. The maximum Gasteiger partial charge on any atom is 0.317 e. The molecule has 3 heterocycles. The molecule has 2 aromatic heterocycles. The summed E-state index contributed by atoms with van der Waals surface area (Å²) in [5.74, 6) is 1.68. The molecule has 1 saturated heterocycles. The zero-order valence-corrected chi connectivity index (χ0v) is 15.7. The Labute approximate surface area is 162 Å². The molecule has 8 nitrogen and oxygen atoms in total. The van der Waals surface area contributed by atoms with Crippen LogP contribution in [0.15, 0.2) is 53.3 Å². The van der Waals surface area contributed by atoms with Crippen LogP contribution in [0.2, 0.25) is 0 Å². The Kier molecular flexibility index (Phi) is 4.92. The van der Waals surface area contributed by atoms with Crippen molar-refractivity contribution in [2.75, 3.05) is 13.1 Å². The number of hydrogen-bond donors (Lipinski definition) is 1. The molecule has 8 heteroatoms. The van der Waals surface area contributed by atoms with Crippen LogP contribution < -0.4 is 10.1 Å². The van der Waals surface area contributed by atoms with Gasteiger partial charge in [-0.15, -0.1) is 0 Å². The van der Waals surface area contributed by atoms with Gasteiger partial charge in [0.2, 0.25) is 5.82 Å². The van der Waals surface area contributed by atoms with Gasteiger partial charge in [0.25, 0.3) is 5.89 Å². The number of nitrogens with zero attached hydrogens (tertiary/aromatic N) is 4. The minimum Gasteiger partial charge on any atom is -0.487 e. The number of likely N-dealkylation sites (tertiary alicyclic amines) is 1. The molecule has 144 valence electrons. The Morgan fingerprint density at radius 1 is 1.21 bits per heavy atom. The van der Waals surface area contributed by atoms with Crippen molar-refractivity contribution in [3.05, 3.63) is 48.8 Å². The molecule has 1 fully saturated rings. The molecule has 0 aliphatic carbocycles. The van der Waals surface area contributed by atoms with E-state index in [1.807, 2.05) is 50.2 Å². The van der Waals surface area contributed by atoms with Gasteiger partial charge in [0.15, 0.2) is 0 Å². The van der Waals surface area contributed by atoms with Crippen molar-refractivity contribution in [1.29, 1.82) is 0 Å². The molecule has 1 N–H and O–H groups in total. The highest BCUT2D eigenvalue weighted by molar-refractivity contribution is 5.75. The fourth-order valence-electron chi connectivity index (χ4n) is 2.84. The maximum absolute atomic E-state index is 11.9. The molecule has 0 radical (unpaired) electrons. The van der Waals surface area contributed by atoms with Crippen LogP contribution >= 0.6 is 0 Å². The third-order valence-electron chi connectivity index (χ3n) is 4.30. The van der Waals surface area contributed by atoms with Gasteiger partial charge in [-0.05, 0) is 50.2 Å². The number of urea groups is 1. The van der Waals surface area contributed by atoms with E-state index in [1.165, 1.54) is 0 Å². The molecule has 1 aromatic carbocycles. The topological polar surface area (TPSA) is 93.4 Å². The van der Waals surface area contributed by atoms with E-state index in [-0.39, 0.29) is 18.2 Å². The van der Waals surface area contributed by atoms with Crippen molar-refractivity contribution in [2.24, 2.45) is 0 Å². The summed E-state index contributed by atoms with van der Waals surface area (Å²) < 4.78 is 11.2. The van der Waals surface area contributed by atoms with Crippen LogP contribution in [-0.4, -0.2) is 51.3 Å². The Balaban J connectivity index is 1.34. The van der Waals surface area contributed by atoms with Crippen LogP contribution in [0, 0.1) is 0 Å². The lowest BCUT2D eigenvalue weighted by molar-refractivity contribution is 0.0438. The average Bonchev–Trinajstić information content (AvgIpc) is 3.15. The molecule has 4 rings (SSSR count). The van der Waals surface area contributed by atoms with E-state index in [0.29, 0.717) is 24.8 Å². The summed E-state index contributed by atoms with van der Waals surface area (Å²) in [5, 5.41) is 6.90. The minimum absolute atomic E-state index is 0.00567. The van der Waals surface area contributed by atoms with Crippen molar-refractivity contribution in [2.45, 2.75) is 26.0 Å². The minimum atomic E-state index is -0.0493. The van der Waals surface area contributed by atoms with Crippen molar-refractivity contribution >= 4 is 6.03 Å². The predicted molar refractivity (Wildman–Crippen MR) is 103 cm³/mol. The van der Waals surface area contributed by atoms with Crippen LogP contribution in [0.25, 0.3) is 22.8 Å². The lowest BCUT2D eigenvalue weighted by Crippen LogP contribution is -2.59. The number of amides is 2. The second-order valence-electron chi connectivity index (χ2n) is 6.94. The molecule has 0 unspecified atom stereocenters. The number of pyridine rings is 1. The van der Waals surface area contributed by atoms with E-state index in [9.17, 15) is 4.79 Å². The number of nitrogens with one attached hydrogen (secondary N) is 1. The van der Waals surface area contributed by atoms with Crippen molar-refractivity contribution in [3.8, 4) is 28.6 Å². The number of hydrogen-bond acceptors (Lipinski definition) is 6. The van der Waals surface area contributed by atoms with Gasteiger partial charge in [-0.1, -0.05) is 5.16 Å². The summed E-state index contributed by atoms with van der Waals surface area (Å²) in [4.78, 5) is 22.1. The Hall–Kier alpha value is -3.42. The van der Waals surface area contributed by atoms with Crippen molar-refractivity contribution in [1.82, 2.24) is 25.3 Å². The monoisotopic (exact) mass is 379 g/mol. The molecule has 28 heavy (non-hydrogen) atoms. The van der Waals surface area contributed by atoms with E-state index in [2.05, 4.69) is 20.4 Å². The molecular weight excluding hydrogens is 358 g/mol. The molecule has 3 aromatic rings. The summed E-state index contributed by atoms with van der Waals surface area (Å²) in [7, 11) is 0. The fourth-order valence-corrected chi connectivity index (χ4v) is 2.84. The molecule has 1 aliphatic heterocycles. The number of ether oxygens (including phenoxy) is 1. The van der Waals surface area contributed by atoms with Crippen LogP contribution in [0.3, 0.4) is 0 Å². The van der Waals surface area contributed by atoms with E-state index in [1.54, 1.807) is 17.3 Å². The first-order valence-electron chi connectivity index (χ1n) is 9.15. The van der Waals surface area contributed by atoms with Gasteiger partial charge in [-0.2, -0.15) is 4.98 Å². The summed E-state index contributed by atoms with van der Waals surface area (Å²) in [6, 6.07) is 11.3. The fraction of sp³-hybridized carbons (Fsp3) is 0.300. The van der Waals surface area contributed by atoms with Crippen LogP contribution in [0.5, 0.6) is 5.75 Å². The van der Waals surface area contributed by atoms with E-state index < -0.39 is 0 Å². The molecular formula is C20H21N5O3. The Bertz CT molecular complexity index is 934. The summed E-state index contributed by atoms with van der Waals surface area (Å²) in [5.41, 5.74) is 1.61. The number of carbonyl (C=O) groups excluding carboxylic acids is 1. The molecule has 0 spiro atoms. The summed E-state index contributed by atoms with van der Waals surface area (Å²) in [6.45, 7) is 5.05. The Morgan fingerprint density at radius 3 is 2.68 bits per heavy atom. The van der Waals surface area contributed by atoms with Gasteiger partial charge in [0.1, 0.15) is 11.9 Å². The van der Waals surface area contributed by atoms with Gasteiger partial charge in [-0.25, -0.2) is 4.79 Å². The third-order valence-corrected chi connectivity index (χ3v) is 4.30. The van der Waals surface area contributed by atoms with Crippen LogP contribution in [0.4, 0.5) is 4.79 Å². The SMILES string of the molecule is CC(C)NC(=O)N1CC(Oc2ccc(-c3noc(-c4cccnc4)n3)cc2)C1. The standard InChI is InChI=1S/C20H21N5O3/c1-13(2)22-20(26)25-11-17(12-25)27-16-7-5-14(6-8-16)18-23-19(28-24-18)15-4-3-9-21-10-15/h3-10,13,17H,11-12H2,1-2H3,(H,22,26). The van der Waals surface area contributed by atoms with Crippen molar-refractivity contribution < 1.29 is 14.1 Å². The molecule has 0 saturated carbocycles. The second-order valence-corrected chi connectivity index (χ2v) is 6.94. The predicted octanol–water partition coefficient (Wildman–Crippen LogP) is 2.98. The zero-order valence-electron chi connectivity index (χ0n) is 15.7. The maximum atomic E-state index is 11.9. The van der Waals surface area contributed by atoms with E-state index in [0.717, 1.165) is 16.9 Å². The number of carbonyl (C=O) groups is 1. The smallest absolute Gasteiger partial charge is 0.317 e. The summed E-state index contributed by atoms with van der Waals surface area (Å²) >= 11 is 0. The number of benzene rings is 1. The number of rotatable bonds is 5. The first kappa shape index (κ1) is 18.0. The molecule has 1 aliphatic rings. The van der Waals surface area contributed by atoms with Gasteiger partial charge in [-0.3, -0.25) is 4.98 Å². The van der Waals surface area contributed by atoms with Crippen LogP contribution in [-0.2, 0) is 0 Å². The van der Waals surface area contributed by atoms with Gasteiger partial charge in [0, 0.05) is 24.0 Å². The van der Waals surface area contributed by atoms with E-state index in [4.69, 9.17) is 9.26 Å². The second kappa shape index (κ2) is 7.67. The molecule has 0 bridgehead atoms. The summed E-state index contributed by atoms with van der Waals surface area (Å²) in [6.07, 6.45) is 3.38. The van der Waals surface area contributed by atoms with Crippen LogP contribution in [0.1, 0.15) is 13.8 Å². The lowest BCUT2D eigenvalue weighted by Gasteiger charge is -2.39. The third kappa shape index (κ3) is 3.95. The van der Waals surface area contributed by atoms with Gasteiger partial charge >= 0.3 is 6.03 Å². The number of aromatic nitrogens is 3. The zero-order chi connectivity index (χ0) is 19.5. The molecule has 0 atom stereocenters. The lowest BCUT2D eigenvalue weighted by atomic mass is 10.1. The van der Waals surface area contributed by atoms with Crippen molar-refractivity contribution in [3.63, 3.8) is 0 Å². The van der Waals surface area contributed by atoms with Gasteiger partial charge < -0.3 is 19.5 Å². The highest BCUT2D eigenvalue weighted by Crippen LogP contribution is 2.25. The first-order chi connectivity index (χ1) is 13.6. The highest BCUT2D eigenvalue weighted by atomic mass is 16.5. The van der Waals surface area contributed by atoms with E-state index >= 15 is 0 Å². The van der Waals surface area contributed by atoms with Gasteiger partial charge in [0.05, 0.1) is 18.7 Å². The average molecular weight is 379 g/mol. The largest absolute Gasteiger partial charge is 0.487 e. The molecule has 2 amide bonds. The normalized spacial score (nSPS) is 14.0. The Morgan fingerprint density at radius 2 is 2.00 bits per heavy atom. The highest BCUT2D eigenvalue weighted by Gasteiger charge is 2.32.